The molecule has 0 saturated carbocycles. The number of sulfonamides is 1. The van der Waals surface area contributed by atoms with Crippen LogP contribution in [0, 0.1) is 11.6 Å². The van der Waals surface area contributed by atoms with E-state index in [0.29, 0.717) is 6.07 Å². The van der Waals surface area contributed by atoms with Gasteiger partial charge in [-0.15, -0.1) is 17.9 Å². The predicted octanol–water partition coefficient (Wildman–Crippen LogP) is 2.84. The summed E-state index contributed by atoms with van der Waals surface area (Å²) in [6, 6.07) is 5.55. The van der Waals surface area contributed by atoms with Gasteiger partial charge < -0.3 is 5.32 Å². The first-order chi connectivity index (χ1) is 11.3. The zero-order valence-electron chi connectivity index (χ0n) is 12.4. The van der Waals surface area contributed by atoms with Gasteiger partial charge in [-0.2, -0.15) is 4.31 Å². The molecule has 1 aromatic heterocycles. The Labute approximate surface area is 142 Å². The number of thiophene rings is 1. The zero-order valence-corrected chi connectivity index (χ0v) is 14.0. The van der Waals surface area contributed by atoms with Crippen LogP contribution in [0.4, 0.5) is 14.5 Å². The molecular weight excluding hydrogens is 358 g/mol. The lowest BCUT2D eigenvalue weighted by molar-refractivity contribution is -0.116. The van der Waals surface area contributed by atoms with Crippen LogP contribution >= 0.6 is 11.3 Å². The van der Waals surface area contributed by atoms with Crippen molar-refractivity contribution >= 4 is 33.0 Å². The summed E-state index contributed by atoms with van der Waals surface area (Å²) in [7, 11) is -3.85. The molecule has 1 aromatic carbocycles. The van der Waals surface area contributed by atoms with Crippen molar-refractivity contribution in [1.82, 2.24) is 4.31 Å². The molecule has 1 N–H and O–H groups in total. The van der Waals surface area contributed by atoms with Crippen LogP contribution in [0.1, 0.15) is 0 Å². The number of hydrogen-bond acceptors (Lipinski definition) is 4. The van der Waals surface area contributed by atoms with E-state index < -0.39 is 34.1 Å². The molecule has 2 aromatic rings. The quantitative estimate of drug-likeness (QED) is 0.760. The maximum atomic E-state index is 13.1. The minimum atomic E-state index is -3.85. The Morgan fingerprint density at radius 2 is 1.96 bits per heavy atom. The van der Waals surface area contributed by atoms with E-state index in [4.69, 9.17) is 0 Å². The molecule has 24 heavy (non-hydrogen) atoms. The van der Waals surface area contributed by atoms with E-state index in [2.05, 4.69) is 11.9 Å². The van der Waals surface area contributed by atoms with Crippen LogP contribution in [0.25, 0.3) is 0 Å². The Morgan fingerprint density at radius 1 is 1.29 bits per heavy atom. The molecular formula is C15H14F2N2O3S2. The first kappa shape index (κ1) is 18.2. The SMILES string of the molecule is C=CCN(CC(=O)Nc1cc(F)cc(F)c1)S(=O)(=O)c1cccs1. The molecule has 9 heteroatoms. The van der Waals surface area contributed by atoms with Gasteiger partial charge in [0.1, 0.15) is 15.8 Å². The number of carbonyl (C=O) groups excluding carboxylic acids is 1. The third-order valence-electron chi connectivity index (χ3n) is 2.89. The normalized spacial score (nSPS) is 11.5. The Bertz CT molecular complexity index is 816. The summed E-state index contributed by atoms with van der Waals surface area (Å²) in [5, 5.41) is 3.88. The summed E-state index contributed by atoms with van der Waals surface area (Å²) >= 11 is 1.02. The summed E-state index contributed by atoms with van der Waals surface area (Å²) in [5.74, 6) is -2.42. The van der Waals surface area contributed by atoms with E-state index in [1.165, 1.54) is 12.1 Å². The van der Waals surface area contributed by atoms with Crippen molar-refractivity contribution in [3.63, 3.8) is 0 Å². The number of nitrogens with one attached hydrogen (secondary N) is 1. The molecule has 0 atom stereocenters. The van der Waals surface area contributed by atoms with E-state index in [0.717, 1.165) is 27.8 Å². The number of amides is 1. The highest BCUT2D eigenvalue weighted by Gasteiger charge is 2.26. The lowest BCUT2D eigenvalue weighted by Gasteiger charge is -2.19. The largest absolute Gasteiger partial charge is 0.325 e. The molecule has 0 aliphatic rings. The van der Waals surface area contributed by atoms with Crippen molar-refractivity contribution in [3.05, 3.63) is 60.0 Å². The smallest absolute Gasteiger partial charge is 0.253 e. The molecule has 5 nitrogen and oxygen atoms in total. The van der Waals surface area contributed by atoms with Crippen LogP contribution < -0.4 is 5.32 Å². The molecule has 0 fully saturated rings. The van der Waals surface area contributed by atoms with Gasteiger partial charge in [-0.05, 0) is 23.6 Å². The summed E-state index contributed by atoms with van der Waals surface area (Å²) in [4.78, 5) is 12.0. The summed E-state index contributed by atoms with van der Waals surface area (Å²) in [6.07, 6.45) is 1.35. The number of rotatable bonds is 7. The van der Waals surface area contributed by atoms with Crippen molar-refractivity contribution in [2.45, 2.75) is 4.21 Å². The molecule has 1 heterocycles. The predicted molar refractivity (Wildman–Crippen MR) is 88.3 cm³/mol. The Hall–Kier alpha value is -2.10. The van der Waals surface area contributed by atoms with Gasteiger partial charge in [0.15, 0.2) is 0 Å². The average Bonchev–Trinajstić information content (AvgIpc) is 3.00. The maximum absolute atomic E-state index is 13.1. The monoisotopic (exact) mass is 372 g/mol. The Morgan fingerprint density at radius 3 is 2.50 bits per heavy atom. The Balaban J connectivity index is 2.15. The highest BCUT2D eigenvalue weighted by molar-refractivity contribution is 7.91. The van der Waals surface area contributed by atoms with E-state index >= 15 is 0 Å². The third kappa shape index (κ3) is 4.47. The summed E-state index contributed by atoms with van der Waals surface area (Å²) in [6.45, 7) is 2.89. The van der Waals surface area contributed by atoms with Gasteiger partial charge in [-0.25, -0.2) is 17.2 Å². The van der Waals surface area contributed by atoms with Crippen molar-refractivity contribution in [1.29, 1.82) is 0 Å². The first-order valence-corrected chi connectivity index (χ1v) is 9.05. The van der Waals surface area contributed by atoms with Gasteiger partial charge in [-0.1, -0.05) is 12.1 Å². The second kappa shape index (κ2) is 7.65. The van der Waals surface area contributed by atoms with Crippen molar-refractivity contribution in [2.24, 2.45) is 0 Å². The fraction of sp³-hybridized carbons (Fsp3) is 0.133. The molecule has 2 rings (SSSR count). The lowest BCUT2D eigenvalue weighted by atomic mass is 10.3. The molecule has 128 valence electrons. The third-order valence-corrected chi connectivity index (χ3v) is 6.07. The van der Waals surface area contributed by atoms with Gasteiger partial charge in [0, 0.05) is 18.3 Å². The number of nitrogens with zero attached hydrogens (tertiary/aromatic N) is 1. The van der Waals surface area contributed by atoms with Gasteiger partial charge >= 0.3 is 0 Å². The highest BCUT2D eigenvalue weighted by Crippen LogP contribution is 2.21. The standard InChI is InChI=1S/C15H14F2N2O3S2/c1-2-5-19(24(21,22)15-4-3-6-23-15)10-14(20)18-13-8-11(16)7-12(17)9-13/h2-4,6-9H,1,5,10H2,(H,18,20). The molecule has 0 bridgehead atoms. The topological polar surface area (TPSA) is 66.5 Å². The fourth-order valence-corrected chi connectivity index (χ4v) is 4.43. The van der Waals surface area contributed by atoms with E-state index in [9.17, 15) is 22.0 Å². The van der Waals surface area contributed by atoms with Crippen LogP contribution in [0.15, 0.2) is 52.6 Å². The summed E-state index contributed by atoms with van der Waals surface area (Å²) in [5.41, 5.74) is -0.0930. The number of anilines is 1. The van der Waals surface area contributed by atoms with Crippen molar-refractivity contribution in [2.75, 3.05) is 18.4 Å². The van der Waals surface area contributed by atoms with Crippen LogP contribution in [0.3, 0.4) is 0 Å². The van der Waals surface area contributed by atoms with Crippen LogP contribution in [0.2, 0.25) is 0 Å². The minimum absolute atomic E-state index is 0.0782. The second-order valence-electron chi connectivity index (χ2n) is 4.72. The molecule has 0 spiro atoms. The zero-order chi connectivity index (χ0) is 17.7. The molecule has 0 radical (unpaired) electrons. The highest BCUT2D eigenvalue weighted by atomic mass is 32.2. The number of hydrogen-bond donors (Lipinski definition) is 1. The van der Waals surface area contributed by atoms with E-state index in [1.807, 2.05) is 0 Å². The molecule has 1 amide bonds. The molecule has 0 unspecified atom stereocenters. The maximum Gasteiger partial charge on any atom is 0.253 e. The van der Waals surface area contributed by atoms with Crippen LogP contribution in [-0.4, -0.2) is 31.7 Å². The van der Waals surface area contributed by atoms with Gasteiger partial charge in [0.2, 0.25) is 5.91 Å². The fourth-order valence-electron chi connectivity index (χ4n) is 1.92. The summed E-state index contributed by atoms with van der Waals surface area (Å²) < 4.78 is 52.2. The Kier molecular flexibility index (Phi) is 5.81. The number of benzene rings is 1. The lowest BCUT2D eigenvalue weighted by Crippen LogP contribution is -2.37. The molecule has 0 aliphatic carbocycles. The minimum Gasteiger partial charge on any atom is -0.325 e. The van der Waals surface area contributed by atoms with Crippen LogP contribution in [0.5, 0.6) is 0 Å². The number of halogens is 2. The van der Waals surface area contributed by atoms with E-state index in [1.54, 1.807) is 11.4 Å². The molecule has 0 saturated heterocycles. The van der Waals surface area contributed by atoms with Crippen molar-refractivity contribution < 1.29 is 22.0 Å². The van der Waals surface area contributed by atoms with Gasteiger partial charge in [0.05, 0.1) is 6.54 Å². The van der Waals surface area contributed by atoms with Gasteiger partial charge in [0.25, 0.3) is 10.0 Å². The van der Waals surface area contributed by atoms with Crippen LogP contribution in [-0.2, 0) is 14.8 Å². The van der Waals surface area contributed by atoms with Crippen molar-refractivity contribution in [3.8, 4) is 0 Å². The first-order valence-electron chi connectivity index (χ1n) is 6.73. The molecule has 0 aliphatic heterocycles. The number of carbonyl (C=O) groups is 1. The average molecular weight is 372 g/mol. The van der Waals surface area contributed by atoms with E-state index in [-0.39, 0.29) is 16.4 Å². The second-order valence-corrected chi connectivity index (χ2v) is 7.84. The van der Waals surface area contributed by atoms with Gasteiger partial charge in [-0.3, -0.25) is 4.79 Å².